The maximum absolute atomic E-state index is 13.4. The van der Waals surface area contributed by atoms with Gasteiger partial charge in [-0.25, -0.2) is 4.79 Å². The van der Waals surface area contributed by atoms with Crippen molar-refractivity contribution in [3.8, 4) is 0 Å². The van der Waals surface area contributed by atoms with Crippen molar-refractivity contribution in [2.45, 2.75) is 56.1 Å². The number of carbonyl (C=O) groups excluding carboxylic acids is 1. The molecule has 0 unspecified atom stereocenters. The zero-order valence-corrected chi connectivity index (χ0v) is 17.2. The molecule has 0 N–H and O–H groups in total. The van der Waals surface area contributed by atoms with E-state index in [-0.39, 0.29) is 5.97 Å². The average Bonchev–Trinajstić information content (AvgIpc) is 2.95. The van der Waals surface area contributed by atoms with E-state index in [1.807, 2.05) is 36.4 Å². The minimum Gasteiger partial charge on any atom is -0.446 e. The summed E-state index contributed by atoms with van der Waals surface area (Å²) in [4.78, 5) is 13.0. The van der Waals surface area contributed by atoms with Crippen LogP contribution in [-0.4, -0.2) is 10.9 Å². The van der Waals surface area contributed by atoms with Gasteiger partial charge in [0.05, 0.1) is 0 Å². The highest BCUT2D eigenvalue weighted by Gasteiger charge is 2.60. The second-order valence-electron chi connectivity index (χ2n) is 8.96. The molecule has 1 heterocycles. The predicted octanol–water partition coefficient (Wildman–Crippen LogP) is 6.15. The molecule has 2 fully saturated rings. The Hall–Kier alpha value is -1.74. The molecule has 142 valence electrons. The summed E-state index contributed by atoms with van der Waals surface area (Å²) in [5.41, 5.74) is 2.34. The first-order valence-electron chi connectivity index (χ1n) is 9.90. The van der Waals surface area contributed by atoms with Gasteiger partial charge in [0.15, 0.2) is 9.68 Å². The van der Waals surface area contributed by atoms with E-state index in [4.69, 9.17) is 4.74 Å². The van der Waals surface area contributed by atoms with Gasteiger partial charge in [0.2, 0.25) is 0 Å². The van der Waals surface area contributed by atoms with E-state index in [0.29, 0.717) is 11.3 Å². The average molecular weight is 381 g/mol. The van der Waals surface area contributed by atoms with Gasteiger partial charge in [0.25, 0.3) is 0 Å². The molecule has 2 nitrogen and oxygen atoms in total. The number of esters is 1. The maximum atomic E-state index is 13.4. The predicted molar refractivity (Wildman–Crippen MR) is 111 cm³/mol. The van der Waals surface area contributed by atoms with Crippen LogP contribution in [-0.2, 0) is 14.3 Å². The number of carbonyl (C=O) groups is 1. The standard InChI is InChI=1S/C24H28O2S/c1-22(2,3)18-14-16-23(17-15-18)26-21(25)24(27-23,19-10-6-4-7-11-19)20-12-8-5-9-13-20/h4-13,18H,14-17H2,1-3H3. The lowest BCUT2D eigenvalue weighted by atomic mass is 9.71. The molecule has 3 heteroatoms. The number of thioether (sulfide) groups is 1. The molecule has 0 amide bonds. The normalized spacial score (nSPS) is 27.5. The molecule has 4 rings (SSSR count). The van der Waals surface area contributed by atoms with E-state index in [2.05, 4.69) is 45.0 Å². The van der Waals surface area contributed by atoms with Gasteiger partial charge < -0.3 is 4.74 Å². The van der Waals surface area contributed by atoms with Crippen LogP contribution in [0.25, 0.3) is 0 Å². The molecule has 2 aromatic rings. The number of ether oxygens (including phenoxy) is 1. The molecule has 0 bridgehead atoms. The second-order valence-corrected chi connectivity index (χ2v) is 10.5. The topological polar surface area (TPSA) is 26.3 Å². The van der Waals surface area contributed by atoms with Crippen molar-refractivity contribution in [1.29, 1.82) is 0 Å². The van der Waals surface area contributed by atoms with Gasteiger partial charge in [-0.1, -0.05) is 93.2 Å². The van der Waals surface area contributed by atoms with Gasteiger partial charge in [-0.05, 0) is 48.1 Å². The molecule has 27 heavy (non-hydrogen) atoms. The van der Waals surface area contributed by atoms with Crippen molar-refractivity contribution < 1.29 is 9.53 Å². The van der Waals surface area contributed by atoms with Gasteiger partial charge in [-0.2, -0.15) is 0 Å². The molecular weight excluding hydrogens is 352 g/mol. The lowest BCUT2D eigenvalue weighted by Crippen LogP contribution is -2.35. The summed E-state index contributed by atoms with van der Waals surface area (Å²) < 4.78 is 5.43. The highest BCUT2D eigenvalue weighted by molar-refractivity contribution is 8.02. The van der Waals surface area contributed by atoms with Crippen molar-refractivity contribution in [2.24, 2.45) is 11.3 Å². The van der Waals surface area contributed by atoms with Crippen molar-refractivity contribution in [1.82, 2.24) is 0 Å². The van der Waals surface area contributed by atoms with Crippen molar-refractivity contribution >= 4 is 17.7 Å². The fourth-order valence-electron chi connectivity index (χ4n) is 4.58. The Kier molecular flexibility index (Phi) is 4.62. The summed E-state index contributed by atoms with van der Waals surface area (Å²) in [6.07, 6.45) is 4.10. The minimum atomic E-state index is -0.767. The van der Waals surface area contributed by atoms with Gasteiger partial charge in [0, 0.05) is 0 Å². The Labute approximate surface area is 166 Å². The summed E-state index contributed by atoms with van der Waals surface area (Å²) in [6.45, 7) is 6.96. The van der Waals surface area contributed by atoms with Gasteiger partial charge in [0.1, 0.15) is 0 Å². The summed E-state index contributed by atoms with van der Waals surface area (Å²) >= 11 is 1.74. The number of hydrogen-bond acceptors (Lipinski definition) is 3. The summed E-state index contributed by atoms with van der Waals surface area (Å²) in [7, 11) is 0. The van der Waals surface area contributed by atoms with Crippen molar-refractivity contribution in [3.63, 3.8) is 0 Å². The first-order chi connectivity index (χ1) is 12.9. The SMILES string of the molecule is CC(C)(C)C1CCC2(CC1)OC(=O)C(c1ccccc1)(c1ccccc1)S2. The molecular formula is C24H28O2S. The second kappa shape index (κ2) is 6.70. The van der Waals surface area contributed by atoms with Gasteiger partial charge in [-0.3, -0.25) is 0 Å². The van der Waals surface area contributed by atoms with E-state index in [0.717, 1.165) is 36.8 Å². The largest absolute Gasteiger partial charge is 0.446 e. The Morgan fingerprint density at radius 1 is 0.889 bits per heavy atom. The van der Waals surface area contributed by atoms with Crippen LogP contribution in [0.4, 0.5) is 0 Å². The molecule has 0 atom stereocenters. The quantitative estimate of drug-likeness (QED) is 0.584. The third kappa shape index (κ3) is 3.20. The number of benzene rings is 2. The smallest absolute Gasteiger partial charge is 0.332 e. The lowest BCUT2D eigenvalue weighted by Gasteiger charge is -2.41. The summed E-state index contributed by atoms with van der Waals surface area (Å²) in [6, 6.07) is 20.3. The highest BCUT2D eigenvalue weighted by Crippen LogP contribution is 2.61. The highest BCUT2D eigenvalue weighted by atomic mass is 32.2. The monoisotopic (exact) mass is 380 g/mol. The Bertz CT molecular complexity index is 760. The third-order valence-electron chi connectivity index (χ3n) is 6.24. The molecule has 1 saturated heterocycles. The van der Waals surface area contributed by atoms with E-state index in [9.17, 15) is 4.79 Å². The zero-order chi connectivity index (χ0) is 19.1. The summed E-state index contributed by atoms with van der Waals surface area (Å²) in [5.74, 6) is 0.574. The van der Waals surface area contributed by atoms with E-state index in [1.165, 1.54) is 0 Å². The molecule has 1 spiro atoms. The van der Waals surface area contributed by atoms with Crippen molar-refractivity contribution in [3.05, 3.63) is 71.8 Å². The Morgan fingerprint density at radius 3 is 1.81 bits per heavy atom. The lowest BCUT2D eigenvalue weighted by molar-refractivity contribution is -0.152. The van der Waals surface area contributed by atoms with E-state index in [1.54, 1.807) is 11.8 Å². The molecule has 2 aliphatic rings. The van der Waals surface area contributed by atoms with Crippen molar-refractivity contribution in [2.75, 3.05) is 0 Å². The maximum Gasteiger partial charge on any atom is 0.332 e. The summed E-state index contributed by atoms with van der Waals surface area (Å²) in [5, 5.41) is 0. The van der Waals surface area contributed by atoms with E-state index < -0.39 is 9.68 Å². The Balaban J connectivity index is 1.71. The molecule has 1 aliphatic heterocycles. The molecule has 1 saturated carbocycles. The van der Waals surface area contributed by atoms with Crippen LogP contribution in [0.5, 0.6) is 0 Å². The zero-order valence-electron chi connectivity index (χ0n) is 16.4. The fourth-order valence-corrected chi connectivity index (χ4v) is 6.32. The van der Waals surface area contributed by atoms with E-state index >= 15 is 0 Å². The Morgan fingerprint density at radius 2 is 1.37 bits per heavy atom. The molecule has 1 aliphatic carbocycles. The molecule has 0 aromatic heterocycles. The fraction of sp³-hybridized carbons (Fsp3) is 0.458. The van der Waals surface area contributed by atoms with Crippen LogP contribution in [0.1, 0.15) is 57.6 Å². The first-order valence-corrected chi connectivity index (χ1v) is 10.7. The van der Waals surface area contributed by atoms with Crippen LogP contribution >= 0.6 is 11.8 Å². The van der Waals surface area contributed by atoms with Crippen LogP contribution in [0, 0.1) is 11.3 Å². The number of hydrogen-bond donors (Lipinski definition) is 0. The van der Waals surface area contributed by atoms with Crippen LogP contribution in [0.2, 0.25) is 0 Å². The molecule has 2 aromatic carbocycles. The van der Waals surface area contributed by atoms with Gasteiger partial charge >= 0.3 is 5.97 Å². The third-order valence-corrected chi connectivity index (χ3v) is 8.05. The van der Waals surface area contributed by atoms with Crippen LogP contribution < -0.4 is 0 Å². The minimum absolute atomic E-state index is 0.112. The van der Waals surface area contributed by atoms with Crippen LogP contribution in [0.3, 0.4) is 0 Å². The van der Waals surface area contributed by atoms with Gasteiger partial charge in [-0.15, -0.1) is 0 Å². The van der Waals surface area contributed by atoms with Crippen LogP contribution in [0.15, 0.2) is 60.7 Å². The number of rotatable bonds is 2. The molecule has 0 radical (unpaired) electrons. The first kappa shape index (κ1) is 18.6.